The first-order chi connectivity index (χ1) is 14.5. The lowest BCUT2D eigenvalue weighted by molar-refractivity contribution is -0.116. The summed E-state index contributed by atoms with van der Waals surface area (Å²) in [4.78, 5) is 28.8. The predicted octanol–water partition coefficient (Wildman–Crippen LogP) is 5.58. The Balaban J connectivity index is 1.52. The van der Waals surface area contributed by atoms with E-state index >= 15 is 0 Å². The van der Waals surface area contributed by atoms with Gasteiger partial charge >= 0.3 is 0 Å². The molecule has 3 aromatic rings. The van der Waals surface area contributed by atoms with E-state index < -0.39 is 0 Å². The zero-order valence-electron chi connectivity index (χ0n) is 16.9. The second-order valence-electron chi connectivity index (χ2n) is 7.22. The van der Waals surface area contributed by atoms with Crippen LogP contribution in [0.4, 0.5) is 22.7 Å². The number of aryl methyl sites for hydroxylation is 1. The van der Waals surface area contributed by atoms with Gasteiger partial charge in [-0.1, -0.05) is 42.1 Å². The third kappa shape index (κ3) is 4.33. The molecule has 0 atom stereocenters. The third-order valence-electron chi connectivity index (χ3n) is 4.85. The minimum Gasteiger partial charge on any atom is -0.339 e. The van der Waals surface area contributed by atoms with E-state index in [4.69, 9.17) is 0 Å². The van der Waals surface area contributed by atoms with Crippen LogP contribution >= 0.6 is 11.8 Å². The maximum atomic E-state index is 12.8. The summed E-state index contributed by atoms with van der Waals surface area (Å²) in [7, 11) is 0. The number of benzene rings is 3. The highest BCUT2D eigenvalue weighted by molar-refractivity contribution is 7.99. The highest BCUT2D eigenvalue weighted by Gasteiger charge is 2.23. The van der Waals surface area contributed by atoms with Gasteiger partial charge in [0.15, 0.2) is 0 Å². The fourth-order valence-electron chi connectivity index (χ4n) is 3.51. The molecule has 0 aromatic heterocycles. The van der Waals surface area contributed by atoms with Crippen molar-refractivity contribution in [3.8, 4) is 0 Å². The van der Waals surface area contributed by atoms with Crippen molar-refractivity contribution in [3.63, 3.8) is 0 Å². The summed E-state index contributed by atoms with van der Waals surface area (Å²) in [5, 5.41) is 5.73. The van der Waals surface area contributed by atoms with Crippen LogP contribution in [0.1, 0.15) is 18.9 Å². The average Bonchev–Trinajstić information content (AvgIpc) is 2.73. The van der Waals surface area contributed by atoms with Gasteiger partial charge in [0, 0.05) is 29.7 Å². The number of fused-ring (bicyclic) bond motifs is 2. The van der Waals surface area contributed by atoms with Gasteiger partial charge in [-0.15, -0.1) is 0 Å². The van der Waals surface area contributed by atoms with Crippen molar-refractivity contribution < 1.29 is 9.59 Å². The van der Waals surface area contributed by atoms with Gasteiger partial charge in [0.2, 0.25) is 11.8 Å². The Morgan fingerprint density at radius 1 is 0.867 bits per heavy atom. The van der Waals surface area contributed by atoms with Gasteiger partial charge in [0.25, 0.3) is 0 Å². The fourth-order valence-corrected chi connectivity index (χ4v) is 4.60. The largest absolute Gasteiger partial charge is 0.339 e. The first-order valence-electron chi connectivity index (χ1n) is 9.83. The van der Waals surface area contributed by atoms with Crippen molar-refractivity contribution in [3.05, 3.63) is 72.3 Å². The SMILES string of the molecule is CC(=O)Nc1ccc(C)cc1NC(=O)CCN1c2ccccc2Sc2ccccc21. The zero-order chi connectivity index (χ0) is 21.1. The van der Waals surface area contributed by atoms with Crippen LogP contribution in [0.5, 0.6) is 0 Å². The summed E-state index contributed by atoms with van der Waals surface area (Å²) >= 11 is 1.75. The van der Waals surface area contributed by atoms with Crippen molar-refractivity contribution in [1.29, 1.82) is 0 Å². The van der Waals surface area contributed by atoms with Crippen molar-refractivity contribution in [2.24, 2.45) is 0 Å². The van der Waals surface area contributed by atoms with E-state index in [1.54, 1.807) is 17.8 Å². The summed E-state index contributed by atoms with van der Waals surface area (Å²) in [6.07, 6.45) is 0.320. The van der Waals surface area contributed by atoms with Crippen molar-refractivity contribution in [1.82, 2.24) is 0 Å². The van der Waals surface area contributed by atoms with Crippen LogP contribution < -0.4 is 15.5 Å². The molecule has 3 aromatic carbocycles. The standard InChI is InChI=1S/C24H23N3O2S/c1-16-11-12-18(25-17(2)28)19(15-16)26-24(29)13-14-27-20-7-3-5-9-22(20)30-23-10-6-4-8-21(23)27/h3-12,15H,13-14H2,1-2H3,(H,25,28)(H,26,29). The third-order valence-corrected chi connectivity index (χ3v) is 5.98. The van der Waals surface area contributed by atoms with Gasteiger partial charge in [-0.05, 0) is 48.9 Å². The molecule has 1 aliphatic rings. The van der Waals surface area contributed by atoms with E-state index in [-0.39, 0.29) is 11.8 Å². The normalized spacial score (nSPS) is 12.0. The fraction of sp³-hybridized carbons (Fsp3) is 0.167. The van der Waals surface area contributed by atoms with Crippen molar-refractivity contribution in [2.45, 2.75) is 30.1 Å². The van der Waals surface area contributed by atoms with Crippen LogP contribution in [-0.2, 0) is 9.59 Å². The second-order valence-corrected chi connectivity index (χ2v) is 8.30. The summed E-state index contributed by atoms with van der Waals surface area (Å²) < 4.78 is 0. The minimum absolute atomic E-state index is 0.0969. The van der Waals surface area contributed by atoms with Crippen LogP contribution in [0.25, 0.3) is 0 Å². The second kappa shape index (κ2) is 8.63. The lowest BCUT2D eigenvalue weighted by Crippen LogP contribution is -2.26. The highest BCUT2D eigenvalue weighted by atomic mass is 32.2. The van der Waals surface area contributed by atoms with E-state index in [1.807, 2.05) is 43.3 Å². The van der Waals surface area contributed by atoms with E-state index in [0.717, 1.165) is 16.9 Å². The minimum atomic E-state index is -0.173. The molecular formula is C24H23N3O2S. The molecule has 1 heterocycles. The van der Waals surface area contributed by atoms with Gasteiger partial charge in [-0.2, -0.15) is 0 Å². The first kappa shape index (κ1) is 20.0. The molecule has 0 bridgehead atoms. The summed E-state index contributed by atoms with van der Waals surface area (Å²) in [5.74, 6) is -0.270. The Morgan fingerprint density at radius 3 is 2.13 bits per heavy atom. The van der Waals surface area contributed by atoms with Crippen LogP contribution in [0.15, 0.2) is 76.5 Å². The Kier molecular flexibility index (Phi) is 5.77. The van der Waals surface area contributed by atoms with Gasteiger partial charge in [0.05, 0.1) is 22.7 Å². The lowest BCUT2D eigenvalue weighted by Gasteiger charge is -2.32. The Labute approximate surface area is 180 Å². The number of hydrogen-bond acceptors (Lipinski definition) is 4. The number of carbonyl (C=O) groups is 2. The summed E-state index contributed by atoms with van der Waals surface area (Å²) in [6, 6.07) is 22.1. The predicted molar refractivity (Wildman–Crippen MR) is 123 cm³/mol. The topological polar surface area (TPSA) is 61.4 Å². The van der Waals surface area contributed by atoms with Gasteiger partial charge < -0.3 is 15.5 Å². The summed E-state index contributed by atoms with van der Waals surface area (Å²) in [5.41, 5.74) is 4.46. The van der Waals surface area contributed by atoms with Crippen LogP contribution in [0, 0.1) is 6.92 Å². The van der Waals surface area contributed by atoms with Crippen LogP contribution in [0.3, 0.4) is 0 Å². The Hall–Kier alpha value is -3.25. The zero-order valence-corrected chi connectivity index (χ0v) is 17.8. The Morgan fingerprint density at radius 2 is 1.50 bits per heavy atom. The molecule has 2 amide bonds. The molecule has 0 unspecified atom stereocenters. The number of amides is 2. The molecule has 0 saturated carbocycles. The molecule has 0 aliphatic carbocycles. The van der Waals surface area contributed by atoms with Crippen LogP contribution in [0.2, 0.25) is 0 Å². The smallest absolute Gasteiger partial charge is 0.226 e. The molecule has 1 aliphatic heterocycles. The number of nitrogens with one attached hydrogen (secondary N) is 2. The molecule has 30 heavy (non-hydrogen) atoms. The molecule has 0 fully saturated rings. The molecule has 5 nitrogen and oxygen atoms in total. The number of para-hydroxylation sites is 2. The van der Waals surface area contributed by atoms with E-state index in [0.29, 0.717) is 24.3 Å². The number of hydrogen-bond donors (Lipinski definition) is 2. The van der Waals surface area contributed by atoms with E-state index in [2.05, 4.69) is 39.8 Å². The molecule has 0 radical (unpaired) electrons. The maximum Gasteiger partial charge on any atom is 0.226 e. The molecule has 0 saturated heterocycles. The quantitative estimate of drug-likeness (QED) is 0.568. The molecule has 4 rings (SSSR count). The summed E-state index contributed by atoms with van der Waals surface area (Å²) in [6.45, 7) is 3.96. The average molecular weight is 418 g/mol. The number of carbonyl (C=O) groups excluding carboxylic acids is 2. The number of rotatable bonds is 5. The maximum absolute atomic E-state index is 12.8. The molecule has 152 valence electrons. The number of nitrogens with zero attached hydrogens (tertiary/aromatic N) is 1. The van der Waals surface area contributed by atoms with Gasteiger partial charge in [-0.25, -0.2) is 0 Å². The van der Waals surface area contributed by atoms with E-state index in [1.165, 1.54) is 16.7 Å². The molecule has 6 heteroatoms. The monoisotopic (exact) mass is 417 g/mol. The van der Waals surface area contributed by atoms with Gasteiger partial charge in [0.1, 0.15) is 0 Å². The molecular weight excluding hydrogens is 394 g/mol. The molecule has 2 N–H and O–H groups in total. The van der Waals surface area contributed by atoms with Crippen molar-refractivity contribution in [2.75, 3.05) is 22.1 Å². The van der Waals surface area contributed by atoms with Crippen LogP contribution in [-0.4, -0.2) is 18.4 Å². The lowest BCUT2D eigenvalue weighted by atomic mass is 10.1. The Bertz CT molecular complexity index is 1070. The van der Waals surface area contributed by atoms with E-state index in [9.17, 15) is 9.59 Å². The highest BCUT2D eigenvalue weighted by Crippen LogP contribution is 2.47. The van der Waals surface area contributed by atoms with Gasteiger partial charge in [-0.3, -0.25) is 9.59 Å². The number of anilines is 4. The van der Waals surface area contributed by atoms with Crippen molar-refractivity contribution >= 4 is 46.3 Å². The first-order valence-corrected chi connectivity index (χ1v) is 10.6. The molecule has 0 spiro atoms.